The van der Waals surface area contributed by atoms with Crippen LogP contribution < -0.4 is 5.32 Å². The molecule has 0 radical (unpaired) electrons. The van der Waals surface area contributed by atoms with Gasteiger partial charge in [-0.3, -0.25) is 14.9 Å². The third-order valence-electron chi connectivity index (χ3n) is 2.79. The quantitative estimate of drug-likeness (QED) is 0.627. The predicted molar refractivity (Wildman–Crippen MR) is 64.7 cm³/mol. The van der Waals surface area contributed by atoms with E-state index in [0.29, 0.717) is 12.1 Å². The molecule has 1 aromatic carbocycles. The third-order valence-corrected chi connectivity index (χ3v) is 2.79. The van der Waals surface area contributed by atoms with Crippen molar-refractivity contribution in [3.05, 3.63) is 39.9 Å². The number of hydrogen-bond acceptors (Lipinski definition) is 4. The van der Waals surface area contributed by atoms with E-state index in [1.165, 1.54) is 13.0 Å². The average Bonchev–Trinajstić information content (AvgIpc) is 2.26. The smallest absolute Gasteiger partial charge is 0.273 e. The second kappa shape index (κ2) is 5.05. The molecule has 17 heavy (non-hydrogen) atoms. The molecule has 0 heterocycles. The van der Waals surface area contributed by atoms with Crippen LogP contribution in [0.4, 0.5) is 5.69 Å². The normalized spacial score (nSPS) is 11.2. The van der Waals surface area contributed by atoms with E-state index in [9.17, 15) is 14.9 Å². The molecular weight excluding hydrogens is 220 g/mol. The number of Topliss-reactive ketones (excluding diaryl/α,β-unsaturated/α-hetero) is 1. The molecule has 0 spiro atoms. The highest BCUT2D eigenvalue weighted by atomic mass is 16.6. The molecule has 0 aromatic heterocycles. The zero-order valence-corrected chi connectivity index (χ0v) is 10.2. The monoisotopic (exact) mass is 236 g/mol. The van der Waals surface area contributed by atoms with Gasteiger partial charge in [0.25, 0.3) is 5.69 Å². The summed E-state index contributed by atoms with van der Waals surface area (Å²) >= 11 is 0. The van der Waals surface area contributed by atoms with Crippen LogP contribution in [-0.2, 0) is 11.3 Å². The molecule has 0 bridgehead atoms. The Hall–Kier alpha value is -1.75. The molecule has 0 unspecified atom stereocenters. The Morgan fingerprint density at radius 3 is 2.53 bits per heavy atom. The summed E-state index contributed by atoms with van der Waals surface area (Å²) in [5.74, 6) is -0.00363. The van der Waals surface area contributed by atoms with E-state index < -0.39 is 10.5 Å². The number of carbonyl (C=O) groups excluding carboxylic acids is 1. The standard InChI is InChI=1S/C12H16N2O3/c1-9(15)12(2,3)13-8-10-6-4-5-7-11(10)14(16)17/h4-7,13H,8H2,1-3H3. The van der Waals surface area contributed by atoms with E-state index in [2.05, 4.69) is 5.32 Å². The lowest BCUT2D eigenvalue weighted by molar-refractivity contribution is -0.385. The summed E-state index contributed by atoms with van der Waals surface area (Å²) in [6.07, 6.45) is 0. The van der Waals surface area contributed by atoms with Crippen LogP contribution in [-0.4, -0.2) is 16.2 Å². The Morgan fingerprint density at radius 2 is 2.00 bits per heavy atom. The van der Waals surface area contributed by atoms with Gasteiger partial charge in [-0.05, 0) is 20.8 Å². The van der Waals surface area contributed by atoms with Crippen LogP contribution in [0, 0.1) is 10.1 Å². The first-order chi connectivity index (χ1) is 7.84. The van der Waals surface area contributed by atoms with Gasteiger partial charge in [0.1, 0.15) is 5.78 Å². The van der Waals surface area contributed by atoms with Gasteiger partial charge in [0.2, 0.25) is 0 Å². The van der Waals surface area contributed by atoms with Crippen molar-refractivity contribution in [2.75, 3.05) is 0 Å². The fourth-order valence-electron chi connectivity index (χ4n) is 1.28. The van der Waals surface area contributed by atoms with Gasteiger partial charge in [-0.2, -0.15) is 0 Å². The number of nitro benzene ring substituents is 1. The van der Waals surface area contributed by atoms with E-state index in [4.69, 9.17) is 0 Å². The van der Waals surface area contributed by atoms with Gasteiger partial charge < -0.3 is 5.32 Å². The fourth-order valence-corrected chi connectivity index (χ4v) is 1.28. The fraction of sp³-hybridized carbons (Fsp3) is 0.417. The minimum atomic E-state index is -0.677. The first kappa shape index (κ1) is 13.3. The topological polar surface area (TPSA) is 72.2 Å². The molecule has 92 valence electrons. The van der Waals surface area contributed by atoms with Crippen LogP contribution in [0.2, 0.25) is 0 Å². The summed E-state index contributed by atoms with van der Waals surface area (Å²) in [5.41, 5.74) is -0.0323. The van der Waals surface area contributed by atoms with Crippen molar-refractivity contribution < 1.29 is 9.72 Å². The summed E-state index contributed by atoms with van der Waals surface area (Å²) in [7, 11) is 0. The SMILES string of the molecule is CC(=O)C(C)(C)NCc1ccccc1[N+](=O)[O-]. The molecule has 0 aliphatic carbocycles. The van der Waals surface area contributed by atoms with Crippen molar-refractivity contribution >= 4 is 11.5 Å². The van der Waals surface area contributed by atoms with Crippen LogP contribution in [0.25, 0.3) is 0 Å². The lowest BCUT2D eigenvalue weighted by Crippen LogP contribution is -2.45. The Labute approximate surface area is 100.0 Å². The molecule has 0 aliphatic rings. The molecule has 0 saturated carbocycles. The minimum absolute atomic E-state index is 0.00363. The molecule has 1 N–H and O–H groups in total. The number of ketones is 1. The van der Waals surface area contributed by atoms with Crippen molar-refractivity contribution in [2.45, 2.75) is 32.9 Å². The molecule has 0 atom stereocenters. The van der Waals surface area contributed by atoms with Gasteiger partial charge >= 0.3 is 0 Å². The largest absolute Gasteiger partial charge is 0.301 e. The number of nitrogens with zero attached hydrogens (tertiary/aromatic N) is 1. The summed E-state index contributed by atoms with van der Waals surface area (Å²) in [6.45, 7) is 5.30. The summed E-state index contributed by atoms with van der Waals surface area (Å²) in [6, 6.07) is 6.50. The lowest BCUT2D eigenvalue weighted by atomic mass is 10.00. The van der Waals surface area contributed by atoms with E-state index >= 15 is 0 Å². The van der Waals surface area contributed by atoms with Crippen molar-refractivity contribution in [2.24, 2.45) is 0 Å². The maximum atomic E-state index is 11.3. The van der Waals surface area contributed by atoms with E-state index in [1.807, 2.05) is 0 Å². The van der Waals surface area contributed by atoms with Crippen LogP contribution in [0.3, 0.4) is 0 Å². The van der Waals surface area contributed by atoms with E-state index in [-0.39, 0.29) is 11.5 Å². The second-order valence-corrected chi connectivity index (χ2v) is 4.42. The predicted octanol–water partition coefficient (Wildman–Crippen LogP) is 2.05. The molecule has 0 aliphatic heterocycles. The number of hydrogen-bond donors (Lipinski definition) is 1. The second-order valence-electron chi connectivity index (χ2n) is 4.42. The molecule has 5 nitrogen and oxygen atoms in total. The van der Waals surface area contributed by atoms with Gasteiger partial charge in [0, 0.05) is 18.2 Å². The highest BCUT2D eigenvalue weighted by Gasteiger charge is 2.23. The van der Waals surface area contributed by atoms with Gasteiger partial charge in [-0.25, -0.2) is 0 Å². The Bertz CT molecular complexity index is 441. The van der Waals surface area contributed by atoms with Gasteiger partial charge in [-0.15, -0.1) is 0 Å². The molecule has 5 heteroatoms. The maximum absolute atomic E-state index is 11.3. The Balaban J connectivity index is 2.83. The average molecular weight is 236 g/mol. The zero-order valence-electron chi connectivity index (χ0n) is 10.2. The number of benzene rings is 1. The van der Waals surface area contributed by atoms with Gasteiger partial charge in [-0.1, -0.05) is 18.2 Å². The number of carbonyl (C=O) groups is 1. The summed E-state index contributed by atoms with van der Waals surface area (Å²) in [4.78, 5) is 21.7. The number of nitrogens with one attached hydrogen (secondary N) is 1. The van der Waals surface area contributed by atoms with Gasteiger partial charge in [0.15, 0.2) is 0 Å². The molecule has 0 saturated heterocycles. The van der Waals surface area contributed by atoms with Gasteiger partial charge in [0.05, 0.1) is 10.5 Å². The van der Waals surface area contributed by atoms with Crippen LogP contribution in [0.1, 0.15) is 26.3 Å². The minimum Gasteiger partial charge on any atom is -0.301 e. The number of rotatable bonds is 5. The van der Waals surface area contributed by atoms with Crippen molar-refractivity contribution in [3.63, 3.8) is 0 Å². The molecule has 0 fully saturated rings. The summed E-state index contributed by atoms with van der Waals surface area (Å²) < 4.78 is 0. The number of nitro groups is 1. The Morgan fingerprint density at radius 1 is 1.41 bits per heavy atom. The molecule has 1 rings (SSSR count). The van der Waals surface area contributed by atoms with Crippen molar-refractivity contribution in [1.29, 1.82) is 0 Å². The van der Waals surface area contributed by atoms with E-state index in [0.717, 1.165) is 0 Å². The Kier molecular flexibility index (Phi) is 3.96. The molecular formula is C12H16N2O3. The van der Waals surface area contributed by atoms with Crippen molar-refractivity contribution in [3.8, 4) is 0 Å². The highest BCUT2D eigenvalue weighted by molar-refractivity contribution is 5.85. The van der Waals surface area contributed by atoms with Crippen LogP contribution in [0.15, 0.2) is 24.3 Å². The highest BCUT2D eigenvalue weighted by Crippen LogP contribution is 2.18. The maximum Gasteiger partial charge on any atom is 0.273 e. The molecule has 1 aromatic rings. The van der Waals surface area contributed by atoms with Crippen LogP contribution >= 0.6 is 0 Å². The van der Waals surface area contributed by atoms with Crippen molar-refractivity contribution in [1.82, 2.24) is 5.32 Å². The lowest BCUT2D eigenvalue weighted by Gasteiger charge is -2.22. The third kappa shape index (κ3) is 3.35. The van der Waals surface area contributed by atoms with Crippen LogP contribution in [0.5, 0.6) is 0 Å². The first-order valence-corrected chi connectivity index (χ1v) is 5.33. The molecule has 0 amide bonds. The zero-order chi connectivity index (χ0) is 13.1. The van der Waals surface area contributed by atoms with E-state index in [1.54, 1.807) is 32.0 Å². The number of para-hydroxylation sites is 1. The first-order valence-electron chi connectivity index (χ1n) is 5.33. The summed E-state index contributed by atoms with van der Waals surface area (Å²) in [5, 5.41) is 13.8.